The highest BCUT2D eigenvalue weighted by atomic mass is 16.4. The molecule has 0 radical (unpaired) electrons. The number of hydrogen-bond acceptors (Lipinski definition) is 7. The summed E-state index contributed by atoms with van der Waals surface area (Å²) in [5.41, 5.74) is 2.06. The molecule has 0 aliphatic carbocycles. The third kappa shape index (κ3) is 1.71. The number of carboxylic acid groups (broad SMARTS) is 2. The maximum Gasteiger partial charge on any atom is 0.357 e. The van der Waals surface area contributed by atoms with Crippen molar-refractivity contribution in [2.75, 3.05) is 5.73 Å². The second-order valence-electron chi connectivity index (χ2n) is 3.15. The summed E-state index contributed by atoms with van der Waals surface area (Å²) in [6.07, 6.45) is 0. The summed E-state index contributed by atoms with van der Waals surface area (Å²) in [6.45, 7) is 0. The number of hydrogen-bond donors (Lipinski definition) is 4. The third-order valence-corrected chi connectivity index (χ3v) is 1.97. The number of aromatic amines is 1. The first-order chi connectivity index (χ1) is 8.40. The molecule has 0 aliphatic heterocycles. The van der Waals surface area contributed by atoms with Gasteiger partial charge in [-0.1, -0.05) is 0 Å². The molecule has 0 aliphatic rings. The van der Waals surface area contributed by atoms with Crippen molar-refractivity contribution in [2.24, 2.45) is 0 Å². The molecule has 0 atom stereocenters. The molecular formula is C8H5N5O5. The van der Waals surface area contributed by atoms with Crippen LogP contribution in [0.15, 0.2) is 4.79 Å². The molecule has 2 heterocycles. The first-order valence-electron chi connectivity index (χ1n) is 4.44. The number of nitrogens with zero attached hydrogens (tertiary/aromatic N) is 3. The first kappa shape index (κ1) is 11.4. The van der Waals surface area contributed by atoms with Crippen LogP contribution in [0.25, 0.3) is 11.2 Å². The molecule has 0 fully saturated rings. The monoisotopic (exact) mass is 251 g/mol. The number of rotatable bonds is 2. The number of fused-ring (bicyclic) bond motifs is 1. The predicted molar refractivity (Wildman–Crippen MR) is 56.3 cm³/mol. The highest BCUT2D eigenvalue weighted by molar-refractivity contribution is 6.00. The van der Waals surface area contributed by atoms with Crippen LogP contribution in [0.2, 0.25) is 0 Å². The van der Waals surface area contributed by atoms with Crippen molar-refractivity contribution in [3.63, 3.8) is 0 Å². The molecule has 2 rings (SSSR count). The van der Waals surface area contributed by atoms with Gasteiger partial charge in [0.05, 0.1) is 0 Å². The molecule has 5 N–H and O–H groups in total. The molecule has 0 spiro atoms. The van der Waals surface area contributed by atoms with Crippen molar-refractivity contribution < 1.29 is 19.8 Å². The molecule has 10 nitrogen and oxygen atoms in total. The Hall–Kier alpha value is -3.04. The van der Waals surface area contributed by atoms with Crippen molar-refractivity contribution in [1.29, 1.82) is 0 Å². The standard InChI is InChI=1S/C8H5N5O5/c9-8-12-4-3(5(14)13-8)10-1(6(15)16)2(11-4)7(17)18/h(H,15,16)(H,17,18)(H3,9,11,12,13,14). The van der Waals surface area contributed by atoms with Crippen LogP contribution < -0.4 is 11.3 Å². The van der Waals surface area contributed by atoms with Gasteiger partial charge in [0.2, 0.25) is 5.95 Å². The van der Waals surface area contributed by atoms with Crippen LogP contribution in [0.5, 0.6) is 0 Å². The number of carbonyl (C=O) groups is 2. The minimum absolute atomic E-state index is 0.277. The number of nitrogen functional groups attached to an aromatic ring is 1. The molecule has 18 heavy (non-hydrogen) atoms. The normalized spacial score (nSPS) is 10.4. The van der Waals surface area contributed by atoms with Crippen molar-refractivity contribution >= 4 is 29.1 Å². The van der Waals surface area contributed by atoms with E-state index in [9.17, 15) is 14.4 Å². The van der Waals surface area contributed by atoms with Gasteiger partial charge in [0.25, 0.3) is 5.56 Å². The van der Waals surface area contributed by atoms with Crippen LogP contribution in [0.1, 0.15) is 21.0 Å². The van der Waals surface area contributed by atoms with Crippen molar-refractivity contribution in [3.8, 4) is 0 Å². The van der Waals surface area contributed by atoms with Gasteiger partial charge in [0.1, 0.15) is 0 Å². The Morgan fingerprint density at radius 2 is 1.61 bits per heavy atom. The highest BCUT2D eigenvalue weighted by Gasteiger charge is 2.22. The van der Waals surface area contributed by atoms with Gasteiger partial charge in [0, 0.05) is 0 Å². The van der Waals surface area contributed by atoms with Crippen LogP contribution in [-0.2, 0) is 0 Å². The number of H-pyrrole nitrogens is 1. The van der Waals surface area contributed by atoms with Crippen molar-refractivity contribution in [2.45, 2.75) is 0 Å². The summed E-state index contributed by atoms with van der Waals surface area (Å²) < 4.78 is 0. The van der Waals surface area contributed by atoms with E-state index in [0.717, 1.165) is 0 Å². The summed E-state index contributed by atoms with van der Waals surface area (Å²) in [5, 5.41) is 17.6. The molecule has 0 saturated heterocycles. The molecule has 0 saturated carbocycles. The van der Waals surface area contributed by atoms with E-state index in [1.807, 2.05) is 0 Å². The summed E-state index contributed by atoms with van der Waals surface area (Å²) in [6, 6.07) is 0. The van der Waals surface area contributed by atoms with Crippen LogP contribution in [0.3, 0.4) is 0 Å². The average molecular weight is 251 g/mol. The average Bonchev–Trinajstić information content (AvgIpc) is 2.26. The van der Waals surface area contributed by atoms with E-state index in [0.29, 0.717) is 0 Å². The van der Waals surface area contributed by atoms with Gasteiger partial charge in [-0.05, 0) is 0 Å². The molecule has 10 heteroatoms. The molecule has 92 valence electrons. The van der Waals surface area contributed by atoms with Gasteiger partial charge < -0.3 is 15.9 Å². The molecule has 0 unspecified atom stereocenters. The fraction of sp³-hybridized carbons (Fsp3) is 0. The first-order valence-corrected chi connectivity index (χ1v) is 4.44. The molecule has 0 bridgehead atoms. The van der Waals surface area contributed by atoms with Gasteiger partial charge in [0.15, 0.2) is 22.6 Å². The Bertz CT molecular complexity index is 736. The number of nitrogens with one attached hydrogen (secondary N) is 1. The zero-order valence-electron chi connectivity index (χ0n) is 8.54. The summed E-state index contributed by atoms with van der Waals surface area (Å²) in [4.78, 5) is 45.7. The number of aromatic carboxylic acids is 2. The van der Waals surface area contributed by atoms with Crippen LogP contribution in [-0.4, -0.2) is 42.1 Å². The second-order valence-corrected chi connectivity index (χ2v) is 3.15. The minimum Gasteiger partial charge on any atom is -0.476 e. The molecular weight excluding hydrogens is 246 g/mol. The lowest BCUT2D eigenvalue weighted by Gasteiger charge is -2.02. The largest absolute Gasteiger partial charge is 0.476 e. The van der Waals surface area contributed by atoms with Gasteiger partial charge in [-0.3, -0.25) is 9.78 Å². The lowest BCUT2D eigenvalue weighted by Crippen LogP contribution is -2.19. The Labute approximate surface area is 97.1 Å². The zero-order chi connectivity index (χ0) is 13.4. The molecule has 2 aromatic rings. The molecule has 0 aromatic carbocycles. The maximum absolute atomic E-state index is 11.4. The summed E-state index contributed by atoms with van der Waals surface area (Å²) in [5.74, 6) is -3.48. The van der Waals surface area contributed by atoms with Crippen LogP contribution in [0.4, 0.5) is 5.95 Å². The number of aromatic nitrogens is 4. The fourth-order valence-electron chi connectivity index (χ4n) is 1.27. The summed E-state index contributed by atoms with van der Waals surface area (Å²) >= 11 is 0. The van der Waals surface area contributed by atoms with E-state index in [1.165, 1.54) is 0 Å². The number of carboxylic acids is 2. The zero-order valence-corrected chi connectivity index (χ0v) is 8.54. The number of nitrogens with two attached hydrogens (primary N) is 1. The summed E-state index contributed by atoms with van der Waals surface area (Å²) in [7, 11) is 0. The van der Waals surface area contributed by atoms with E-state index < -0.39 is 34.4 Å². The van der Waals surface area contributed by atoms with Crippen molar-refractivity contribution in [3.05, 3.63) is 21.7 Å². The molecule has 2 aromatic heterocycles. The lowest BCUT2D eigenvalue weighted by molar-refractivity contribution is 0.0642. The molecule has 0 amide bonds. The highest BCUT2D eigenvalue weighted by Crippen LogP contribution is 2.09. The Morgan fingerprint density at radius 1 is 1.06 bits per heavy atom. The third-order valence-electron chi connectivity index (χ3n) is 1.97. The minimum atomic E-state index is -1.61. The van der Waals surface area contributed by atoms with Gasteiger partial charge >= 0.3 is 11.9 Å². The number of anilines is 1. The van der Waals surface area contributed by atoms with Crippen LogP contribution >= 0.6 is 0 Å². The van der Waals surface area contributed by atoms with E-state index in [2.05, 4.69) is 19.9 Å². The second kappa shape index (κ2) is 3.76. The lowest BCUT2D eigenvalue weighted by atomic mass is 10.3. The topological polar surface area (TPSA) is 172 Å². The van der Waals surface area contributed by atoms with E-state index >= 15 is 0 Å². The smallest absolute Gasteiger partial charge is 0.357 e. The fourth-order valence-corrected chi connectivity index (χ4v) is 1.27. The van der Waals surface area contributed by atoms with E-state index in [1.54, 1.807) is 0 Å². The Kier molecular flexibility index (Phi) is 2.39. The SMILES string of the molecule is Nc1nc2nc(C(=O)O)c(C(=O)O)nc2c(=O)[nH]1. The van der Waals surface area contributed by atoms with Gasteiger partial charge in [-0.15, -0.1) is 0 Å². The van der Waals surface area contributed by atoms with Crippen LogP contribution in [0, 0.1) is 0 Å². The van der Waals surface area contributed by atoms with Gasteiger partial charge in [-0.25, -0.2) is 19.6 Å². The van der Waals surface area contributed by atoms with Gasteiger partial charge in [-0.2, -0.15) is 4.98 Å². The Morgan fingerprint density at radius 3 is 2.17 bits per heavy atom. The predicted octanol–water partition coefficient (Wildman–Crippen LogP) is -1.31. The van der Waals surface area contributed by atoms with Crippen molar-refractivity contribution in [1.82, 2.24) is 19.9 Å². The maximum atomic E-state index is 11.4. The van der Waals surface area contributed by atoms with E-state index in [-0.39, 0.29) is 11.6 Å². The van der Waals surface area contributed by atoms with E-state index in [4.69, 9.17) is 15.9 Å². The quantitative estimate of drug-likeness (QED) is 0.505. The Balaban J connectivity index is 2.93.